The van der Waals surface area contributed by atoms with Crippen LogP contribution in [0.4, 0.5) is 4.39 Å². The molecule has 1 heterocycles. The Morgan fingerprint density at radius 1 is 1.11 bits per heavy atom. The zero-order valence-electron chi connectivity index (χ0n) is 15.4. The van der Waals surface area contributed by atoms with Crippen molar-refractivity contribution in [1.82, 2.24) is 15.1 Å². The predicted molar refractivity (Wildman–Crippen MR) is 105 cm³/mol. The van der Waals surface area contributed by atoms with Gasteiger partial charge in [-0.1, -0.05) is 36.4 Å². The van der Waals surface area contributed by atoms with E-state index in [4.69, 9.17) is 0 Å². The van der Waals surface area contributed by atoms with Crippen molar-refractivity contribution in [2.24, 2.45) is 0 Å². The van der Waals surface area contributed by atoms with E-state index in [-0.39, 0.29) is 11.7 Å². The Labute approximate surface area is 158 Å². The molecule has 0 aliphatic rings. The van der Waals surface area contributed by atoms with Crippen LogP contribution in [-0.2, 0) is 11.2 Å². The normalized spacial score (nSPS) is 11.1. The van der Waals surface area contributed by atoms with Crippen LogP contribution in [0, 0.1) is 19.7 Å². The van der Waals surface area contributed by atoms with Gasteiger partial charge in [0.15, 0.2) is 0 Å². The van der Waals surface area contributed by atoms with Gasteiger partial charge in [-0.3, -0.25) is 4.79 Å². The second-order valence-corrected chi connectivity index (χ2v) is 6.30. The smallest absolute Gasteiger partial charge is 0.244 e. The van der Waals surface area contributed by atoms with Crippen LogP contribution in [0.5, 0.6) is 0 Å². The van der Waals surface area contributed by atoms with E-state index < -0.39 is 0 Å². The highest BCUT2D eigenvalue weighted by Crippen LogP contribution is 2.19. The van der Waals surface area contributed by atoms with Crippen molar-refractivity contribution < 1.29 is 9.18 Å². The summed E-state index contributed by atoms with van der Waals surface area (Å²) in [6.45, 7) is 4.27. The van der Waals surface area contributed by atoms with E-state index in [0.717, 1.165) is 22.6 Å². The van der Waals surface area contributed by atoms with Crippen molar-refractivity contribution in [3.05, 3.63) is 89.0 Å². The number of aryl methyl sites for hydroxylation is 1. The number of nitrogens with zero attached hydrogens (tertiary/aromatic N) is 2. The third kappa shape index (κ3) is 4.50. The molecule has 138 valence electrons. The number of hydrogen-bond acceptors (Lipinski definition) is 2. The molecule has 27 heavy (non-hydrogen) atoms. The maximum atomic E-state index is 13.6. The van der Waals surface area contributed by atoms with Gasteiger partial charge < -0.3 is 5.32 Å². The van der Waals surface area contributed by atoms with Gasteiger partial charge in [0.05, 0.1) is 11.4 Å². The van der Waals surface area contributed by atoms with Crippen LogP contribution in [-0.4, -0.2) is 22.2 Å². The number of carbonyl (C=O) groups excluding carboxylic acids is 1. The Morgan fingerprint density at radius 2 is 1.81 bits per heavy atom. The van der Waals surface area contributed by atoms with E-state index in [0.29, 0.717) is 18.5 Å². The van der Waals surface area contributed by atoms with Crippen LogP contribution in [0.15, 0.2) is 60.7 Å². The van der Waals surface area contributed by atoms with Crippen LogP contribution in [0.1, 0.15) is 22.5 Å². The van der Waals surface area contributed by atoms with Gasteiger partial charge in [-0.2, -0.15) is 5.10 Å². The number of nitrogens with one attached hydrogen (secondary N) is 1. The first-order chi connectivity index (χ1) is 13.1. The van der Waals surface area contributed by atoms with Crippen LogP contribution >= 0.6 is 0 Å². The zero-order chi connectivity index (χ0) is 19.2. The first-order valence-electron chi connectivity index (χ1n) is 8.87. The number of rotatable bonds is 6. The molecule has 0 aliphatic heterocycles. The largest absolute Gasteiger partial charge is 0.352 e. The fourth-order valence-electron chi connectivity index (χ4n) is 2.96. The average molecular weight is 363 g/mol. The van der Waals surface area contributed by atoms with Crippen molar-refractivity contribution in [3.63, 3.8) is 0 Å². The fourth-order valence-corrected chi connectivity index (χ4v) is 2.96. The molecule has 4 nitrogen and oxygen atoms in total. The maximum Gasteiger partial charge on any atom is 0.244 e. The lowest BCUT2D eigenvalue weighted by atomic mass is 10.1. The van der Waals surface area contributed by atoms with E-state index in [1.165, 1.54) is 12.1 Å². The van der Waals surface area contributed by atoms with Crippen LogP contribution in [0.2, 0.25) is 0 Å². The lowest BCUT2D eigenvalue weighted by Crippen LogP contribution is -2.23. The van der Waals surface area contributed by atoms with E-state index in [9.17, 15) is 9.18 Å². The Bertz CT molecular complexity index is 961. The molecule has 0 saturated heterocycles. The molecular formula is C22H22FN3O. The van der Waals surface area contributed by atoms with Gasteiger partial charge in [0.2, 0.25) is 5.91 Å². The standard InChI is InChI=1S/C22H22FN3O/c1-16-20(17(2)26(25-16)19-9-4-3-5-10-19)12-13-22(27)24-15-14-18-8-6-7-11-21(18)23/h3-13H,14-15H2,1-2H3,(H,24,27)/b13-12+. The predicted octanol–water partition coefficient (Wildman–Crippen LogP) is 4.00. The molecule has 2 aromatic carbocycles. The highest BCUT2D eigenvalue weighted by Gasteiger charge is 2.10. The summed E-state index contributed by atoms with van der Waals surface area (Å²) >= 11 is 0. The molecule has 1 amide bonds. The second-order valence-electron chi connectivity index (χ2n) is 6.30. The van der Waals surface area contributed by atoms with Crippen molar-refractivity contribution in [2.45, 2.75) is 20.3 Å². The lowest BCUT2D eigenvalue weighted by molar-refractivity contribution is -0.116. The molecule has 1 N–H and O–H groups in total. The number of carbonyl (C=O) groups is 1. The number of para-hydroxylation sites is 1. The Morgan fingerprint density at radius 3 is 2.56 bits per heavy atom. The molecule has 0 aliphatic carbocycles. The second kappa shape index (κ2) is 8.45. The van der Waals surface area contributed by atoms with Crippen LogP contribution < -0.4 is 5.32 Å². The third-order valence-corrected chi connectivity index (χ3v) is 4.40. The van der Waals surface area contributed by atoms with E-state index in [1.807, 2.05) is 48.9 Å². The monoisotopic (exact) mass is 363 g/mol. The Kier molecular flexibility index (Phi) is 5.81. The lowest BCUT2D eigenvalue weighted by Gasteiger charge is -2.04. The summed E-state index contributed by atoms with van der Waals surface area (Å²) in [6, 6.07) is 16.5. The molecule has 1 aromatic heterocycles. The number of hydrogen-bond donors (Lipinski definition) is 1. The molecule has 0 bridgehead atoms. The molecule has 3 rings (SSSR count). The summed E-state index contributed by atoms with van der Waals surface area (Å²) < 4.78 is 15.4. The summed E-state index contributed by atoms with van der Waals surface area (Å²) in [5.41, 5.74) is 4.31. The minimum absolute atomic E-state index is 0.211. The Hall–Kier alpha value is -3.21. The van der Waals surface area contributed by atoms with E-state index >= 15 is 0 Å². The maximum absolute atomic E-state index is 13.6. The Balaban J connectivity index is 1.63. The number of amides is 1. The summed E-state index contributed by atoms with van der Waals surface area (Å²) in [7, 11) is 0. The first-order valence-corrected chi connectivity index (χ1v) is 8.87. The van der Waals surface area contributed by atoms with Crippen molar-refractivity contribution in [3.8, 4) is 5.69 Å². The summed E-state index contributed by atoms with van der Waals surface area (Å²) in [5.74, 6) is -0.459. The summed E-state index contributed by atoms with van der Waals surface area (Å²) in [5, 5.41) is 7.35. The molecule has 3 aromatic rings. The van der Waals surface area contributed by atoms with Gasteiger partial charge >= 0.3 is 0 Å². The van der Waals surface area contributed by atoms with Gasteiger partial charge in [-0.25, -0.2) is 9.07 Å². The van der Waals surface area contributed by atoms with E-state index in [2.05, 4.69) is 10.4 Å². The summed E-state index contributed by atoms with van der Waals surface area (Å²) in [4.78, 5) is 12.1. The van der Waals surface area contributed by atoms with Crippen molar-refractivity contribution in [1.29, 1.82) is 0 Å². The highest BCUT2D eigenvalue weighted by atomic mass is 19.1. The quantitative estimate of drug-likeness (QED) is 0.673. The molecule has 0 atom stereocenters. The molecule has 0 fully saturated rings. The molecule has 0 saturated carbocycles. The van der Waals surface area contributed by atoms with Crippen molar-refractivity contribution in [2.75, 3.05) is 6.54 Å². The zero-order valence-corrected chi connectivity index (χ0v) is 15.4. The molecular weight excluding hydrogens is 341 g/mol. The van der Waals surface area contributed by atoms with Gasteiger partial charge in [0.25, 0.3) is 0 Å². The third-order valence-electron chi connectivity index (χ3n) is 4.40. The first kappa shape index (κ1) is 18.6. The molecule has 0 radical (unpaired) electrons. The van der Waals surface area contributed by atoms with Gasteiger partial charge in [0, 0.05) is 23.9 Å². The highest BCUT2D eigenvalue weighted by molar-refractivity contribution is 5.92. The average Bonchev–Trinajstić information content (AvgIpc) is 2.96. The minimum atomic E-state index is -0.248. The van der Waals surface area contributed by atoms with E-state index in [1.54, 1.807) is 24.3 Å². The van der Waals surface area contributed by atoms with Crippen LogP contribution in [0.25, 0.3) is 11.8 Å². The number of halogens is 1. The summed E-state index contributed by atoms with van der Waals surface area (Å²) in [6.07, 6.45) is 3.72. The molecule has 5 heteroatoms. The van der Waals surface area contributed by atoms with Crippen LogP contribution in [0.3, 0.4) is 0 Å². The van der Waals surface area contributed by atoms with Gasteiger partial charge in [0.1, 0.15) is 5.82 Å². The fraction of sp³-hybridized carbons (Fsp3) is 0.182. The van der Waals surface area contributed by atoms with Gasteiger partial charge in [-0.05, 0) is 50.1 Å². The molecule has 0 spiro atoms. The molecule has 0 unspecified atom stereocenters. The SMILES string of the molecule is Cc1nn(-c2ccccc2)c(C)c1/C=C/C(=O)NCCc1ccccc1F. The topological polar surface area (TPSA) is 46.9 Å². The number of benzene rings is 2. The number of aromatic nitrogens is 2. The minimum Gasteiger partial charge on any atom is -0.352 e. The van der Waals surface area contributed by atoms with Crippen molar-refractivity contribution >= 4 is 12.0 Å². The van der Waals surface area contributed by atoms with Gasteiger partial charge in [-0.15, -0.1) is 0 Å².